The first-order chi connectivity index (χ1) is 22.9. The van der Waals surface area contributed by atoms with Crippen LogP contribution in [0, 0.1) is 5.41 Å². The van der Waals surface area contributed by atoms with E-state index in [1.54, 1.807) is 54.6 Å². The Bertz CT molecular complexity index is 1430. The summed E-state index contributed by atoms with van der Waals surface area (Å²) in [6, 6.07) is 11.0. The van der Waals surface area contributed by atoms with Gasteiger partial charge in [0, 0.05) is 25.2 Å². The molecule has 3 atom stereocenters. The third-order valence-electron chi connectivity index (χ3n) is 6.63. The second-order valence-electron chi connectivity index (χ2n) is 10.4. The zero-order valence-corrected chi connectivity index (χ0v) is 26.4. The van der Waals surface area contributed by atoms with E-state index in [0.717, 1.165) is 0 Å². The molecule has 16 N–H and O–H groups in total. The lowest BCUT2D eigenvalue weighted by Gasteiger charge is -2.24. The fraction of sp³-hybridized carbons (Fsp3) is 0.367. The highest BCUT2D eigenvalue weighted by Crippen LogP contribution is 2.10. The molecule has 4 amide bonds. The Balaban J connectivity index is 2.12. The van der Waals surface area contributed by atoms with Crippen molar-refractivity contribution in [2.75, 3.05) is 19.7 Å². The first-order valence-electron chi connectivity index (χ1n) is 15.0. The summed E-state index contributed by atoms with van der Waals surface area (Å²) in [5, 5.41) is 27.7. The van der Waals surface area contributed by atoms with Crippen molar-refractivity contribution in [3.8, 4) is 5.75 Å². The summed E-state index contributed by atoms with van der Waals surface area (Å²) >= 11 is 0. The molecule has 0 spiro atoms. The molecule has 2 aromatic rings. The van der Waals surface area contributed by atoms with Crippen LogP contribution >= 0.6 is 0 Å². The van der Waals surface area contributed by atoms with Gasteiger partial charge in [0.1, 0.15) is 29.7 Å². The number of aliphatic imine (C=N–C) groups is 2. The minimum Gasteiger partial charge on any atom is -0.410 e. The highest BCUT2D eigenvalue weighted by atomic mass is 16.6. The van der Waals surface area contributed by atoms with E-state index in [1.165, 1.54) is 0 Å². The fourth-order valence-electron chi connectivity index (χ4n) is 4.17. The van der Waals surface area contributed by atoms with Gasteiger partial charge in [0.15, 0.2) is 11.9 Å². The van der Waals surface area contributed by atoms with Gasteiger partial charge in [0.2, 0.25) is 17.7 Å². The Morgan fingerprint density at radius 3 is 1.77 bits per heavy atom. The van der Waals surface area contributed by atoms with Crippen molar-refractivity contribution in [1.29, 1.82) is 5.41 Å². The van der Waals surface area contributed by atoms with E-state index in [2.05, 4.69) is 31.3 Å². The van der Waals surface area contributed by atoms with Crippen LogP contribution in [0.2, 0.25) is 0 Å². The number of carbonyl (C=O) groups is 4. The number of ether oxygens (including phenoxy) is 1. The fourth-order valence-corrected chi connectivity index (χ4v) is 4.17. The van der Waals surface area contributed by atoms with Gasteiger partial charge in [-0.05, 0) is 43.4 Å². The number of rotatable bonds is 19. The number of nitrogens with one attached hydrogen (secondary N) is 5. The van der Waals surface area contributed by atoms with Gasteiger partial charge in [-0.15, -0.1) is 0 Å². The molecule has 0 aliphatic rings. The maximum Gasteiger partial charge on any atom is 0.413 e. The Morgan fingerprint density at radius 1 is 0.729 bits per heavy atom. The molecule has 1 unspecified atom stereocenters. The van der Waals surface area contributed by atoms with E-state index >= 15 is 0 Å². The number of para-hydroxylation sites is 1. The maximum atomic E-state index is 13.3. The number of aliphatic hydroxyl groups excluding tert-OH is 1. The number of amidine groups is 1. The summed E-state index contributed by atoms with van der Waals surface area (Å²) in [7, 11) is 0. The summed E-state index contributed by atoms with van der Waals surface area (Å²) in [6.07, 6.45) is -0.181. The number of amides is 4. The van der Waals surface area contributed by atoms with Gasteiger partial charge >= 0.3 is 6.09 Å². The lowest BCUT2D eigenvalue weighted by atomic mass is 10.1. The van der Waals surface area contributed by atoms with E-state index < -0.39 is 48.5 Å². The largest absolute Gasteiger partial charge is 0.413 e. The number of aliphatic hydroxyl groups is 1. The van der Waals surface area contributed by atoms with Crippen LogP contribution in [0.1, 0.15) is 36.8 Å². The molecule has 18 nitrogen and oxygen atoms in total. The molecule has 0 aliphatic heterocycles. The van der Waals surface area contributed by atoms with Gasteiger partial charge < -0.3 is 59.8 Å². The Morgan fingerprint density at radius 2 is 1.25 bits per heavy atom. The Labute approximate surface area is 277 Å². The van der Waals surface area contributed by atoms with Crippen molar-refractivity contribution in [2.24, 2.45) is 38.7 Å². The molecular formula is C30H44N12O6. The zero-order valence-electron chi connectivity index (χ0n) is 26.4. The first kappa shape index (κ1) is 38.3. The Kier molecular flexibility index (Phi) is 16.2. The van der Waals surface area contributed by atoms with Crippen molar-refractivity contribution in [1.82, 2.24) is 21.3 Å². The third kappa shape index (κ3) is 14.5. The molecule has 0 fully saturated rings. The molecule has 0 aromatic heterocycles. The minimum absolute atomic E-state index is 0.0511. The van der Waals surface area contributed by atoms with Crippen LogP contribution in [-0.2, 0) is 20.9 Å². The lowest BCUT2D eigenvalue weighted by molar-refractivity contribution is -0.133. The highest BCUT2D eigenvalue weighted by molar-refractivity contribution is 5.95. The van der Waals surface area contributed by atoms with E-state index in [1.807, 2.05) is 0 Å². The highest BCUT2D eigenvalue weighted by Gasteiger charge is 2.29. The Hall–Kier alpha value is -5.91. The number of benzene rings is 2. The number of nitrogen functional groups attached to an aromatic ring is 1. The van der Waals surface area contributed by atoms with Crippen molar-refractivity contribution < 1.29 is 29.0 Å². The number of guanidine groups is 2. The number of nitrogens with two attached hydrogens (primary N) is 5. The van der Waals surface area contributed by atoms with Gasteiger partial charge in [0.25, 0.3) is 0 Å². The molecular weight excluding hydrogens is 624 g/mol. The van der Waals surface area contributed by atoms with Crippen LogP contribution in [-0.4, -0.2) is 84.5 Å². The normalized spacial score (nSPS) is 12.3. The first-order valence-corrected chi connectivity index (χ1v) is 15.0. The summed E-state index contributed by atoms with van der Waals surface area (Å²) in [4.78, 5) is 60.0. The van der Waals surface area contributed by atoms with Crippen molar-refractivity contribution in [3.05, 3.63) is 65.7 Å². The summed E-state index contributed by atoms with van der Waals surface area (Å²) in [5.74, 6) is -2.35. The standard InChI is InChI=1S/C30H44N12O6/c31-24(32)19-12-10-18(11-13-19)16-39-25(44)21(8-4-14-37-28(33)34)40-27(46)23(17-43)41-26(45)22(9-5-15-38-29(35)36)42-30(47)48-20-6-2-1-3-7-20/h1-3,6-7,10-13,21-23,43H,4-5,8-9,14-17H2,(H3,31,32)(H,39,44)(H,40,46)(H,41,45)(H,42,47)(H4,33,34,37)(H4,35,36,38)/t21-,22-,23?/m0/s1. The monoisotopic (exact) mass is 668 g/mol. The average molecular weight is 669 g/mol. The predicted molar refractivity (Wildman–Crippen MR) is 179 cm³/mol. The topological polar surface area (TPSA) is 325 Å². The molecule has 0 radical (unpaired) electrons. The van der Waals surface area contributed by atoms with Crippen molar-refractivity contribution in [2.45, 2.75) is 50.4 Å². The zero-order chi connectivity index (χ0) is 35.5. The minimum atomic E-state index is -1.49. The van der Waals surface area contributed by atoms with E-state index in [9.17, 15) is 24.3 Å². The average Bonchev–Trinajstić information content (AvgIpc) is 3.05. The van der Waals surface area contributed by atoms with Crippen molar-refractivity contribution in [3.63, 3.8) is 0 Å². The van der Waals surface area contributed by atoms with Gasteiger partial charge in [-0.2, -0.15) is 0 Å². The van der Waals surface area contributed by atoms with Gasteiger partial charge in [-0.1, -0.05) is 42.5 Å². The van der Waals surface area contributed by atoms with Crippen LogP contribution in [0.3, 0.4) is 0 Å². The van der Waals surface area contributed by atoms with Crippen LogP contribution < -0.4 is 54.7 Å². The summed E-state index contributed by atoms with van der Waals surface area (Å²) < 4.78 is 5.22. The van der Waals surface area contributed by atoms with Gasteiger partial charge in [-0.25, -0.2) is 4.79 Å². The molecule has 0 saturated carbocycles. The molecule has 2 aromatic carbocycles. The van der Waals surface area contributed by atoms with Crippen molar-refractivity contribution >= 4 is 41.6 Å². The molecule has 2 rings (SSSR count). The van der Waals surface area contributed by atoms with E-state index in [0.29, 0.717) is 17.5 Å². The van der Waals surface area contributed by atoms with Crippen LogP contribution in [0.5, 0.6) is 5.75 Å². The molecule has 48 heavy (non-hydrogen) atoms. The molecule has 18 heteroatoms. The second kappa shape index (κ2) is 20.3. The lowest BCUT2D eigenvalue weighted by Crippen LogP contribution is -2.58. The molecule has 0 bridgehead atoms. The predicted octanol–water partition coefficient (Wildman–Crippen LogP) is -2.19. The molecule has 260 valence electrons. The van der Waals surface area contributed by atoms with E-state index in [4.69, 9.17) is 38.8 Å². The van der Waals surface area contributed by atoms with Crippen LogP contribution in [0.25, 0.3) is 0 Å². The maximum absolute atomic E-state index is 13.3. The molecule has 0 aliphatic carbocycles. The summed E-state index contributed by atoms with van der Waals surface area (Å²) in [6.45, 7) is -0.384. The summed E-state index contributed by atoms with van der Waals surface area (Å²) in [5.41, 5.74) is 28.2. The van der Waals surface area contributed by atoms with Gasteiger partial charge in [0.05, 0.1) is 6.61 Å². The second-order valence-corrected chi connectivity index (χ2v) is 10.4. The smallest absolute Gasteiger partial charge is 0.410 e. The molecule has 0 saturated heterocycles. The number of nitrogens with zero attached hydrogens (tertiary/aromatic N) is 2. The third-order valence-corrected chi connectivity index (χ3v) is 6.63. The van der Waals surface area contributed by atoms with Gasteiger partial charge in [-0.3, -0.25) is 29.8 Å². The van der Waals surface area contributed by atoms with Crippen LogP contribution in [0.4, 0.5) is 4.79 Å². The number of hydrogen-bond donors (Lipinski definition) is 11. The molecule has 0 heterocycles. The number of carbonyl (C=O) groups excluding carboxylic acids is 4. The quantitative estimate of drug-likeness (QED) is 0.0434. The number of hydrogen-bond acceptors (Lipinski definition) is 9. The SMILES string of the molecule is N=C(N)c1ccc(CNC(=O)[C@H](CCCN=C(N)N)NC(=O)C(CO)NC(=O)[C@H](CCCN=C(N)N)NC(=O)Oc2ccccc2)cc1. The van der Waals surface area contributed by atoms with E-state index in [-0.39, 0.29) is 62.4 Å². The van der Waals surface area contributed by atoms with Crippen LogP contribution in [0.15, 0.2) is 64.6 Å².